The second-order valence-electron chi connectivity index (χ2n) is 12.9. The largest absolute Gasteiger partial charge is 0.254 e. The SMILES string of the molecule is c1cnc2c(c1)ccc1ccc(-c3ccc4ccc5c(-c6ccc7c8ccccc8c8ccccc8c7c6)ccc6ccc3c4c65)nc12. The first-order valence-corrected chi connectivity index (χ1v) is 16.5. The lowest BCUT2D eigenvalue weighted by atomic mass is 9.87. The minimum absolute atomic E-state index is 0.940. The number of nitrogens with zero attached hydrogens (tertiary/aromatic N) is 2. The van der Waals surface area contributed by atoms with Gasteiger partial charge in [-0.1, -0.05) is 133 Å². The maximum absolute atomic E-state index is 5.23. The Labute approximate surface area is 275 Å². The van der Waals surface area contributed by atoms with Gasteiger partial charge in [-0.3, -0.25) is 4.98 Å². The van der Waals surface area contributed by atoms with Gasteiger partial charge in [0.05, 0.1) is 16.7 Å². The zero-order valence-electron chi connectivity index (χ0n) is 25.9. The van der Waals surface area contributed by atoms with Gasteiger partial charge in [-0.2, -0.15) is 0 Å². The highest BCUT2D eigenvalue weighted by Crippen LogP contribution is 2.44. The lowest BCUT2D eigenvalue weighted by molar-refractivity contribution is 1.37. The molecule has 0 saturated heterocycles. The molecule has 2 nitrogen and oxygen atoms in total. The maximum atomic E-state index is 5.23. The Kier molecular flexibility index (Phi) is 5.14. The predicted octanol–water partition coefficient (Wildman–Crippen LogP) is 12.5. The number of fused-ring (bicyclic) bond motifs is 9. The summed E-state index contributed by atoms with van der Waals surface area (Å²) in [7, 11) is 0. The standard InChI is InChI=1S/C46H26N2/c1-2-9-35-33(7-1)34-8-3-4-10-36(34)41-26-31(17-20-37(35)41)32-19-13-27-16-23-40-38(21-14-28-15-22-39(32)43(27)44(28)40)42-24-18-30-12-11-29-6-5-25-47-45(29)46(30)48-42/h1-26H. The van der Waals surface area contributed by atoms with Gasteiger partial charge in [0.1, 0.15) is 0 Å². The average molecular weight is 607 g/mol. The van der Waals surface area contributed by atoms with Crippen LogP contribution in [-0.4, -0.2) is 9.97 Å². The summed E-state index contributed by atoms with van der Waals surface area (Å²) in [6.45, 7) is 0. The van der Waals surface area contributed by atoms with Crippen molar-refractivity contribution in [1.82, 2.24) is 9.97 Å². The lowest BCUT2D eigenvalue weighted by Crippen LogP contribution is -1.92. The number of benzene rings is 9. The van der Waals surface area contributed by atoms with Gasteiger partial charge >= 0.3 is 0 Å². The molecule has 2 aromatic heterocycles. The zero-order valence-corrected chi connectivity index (χ0v) is 25.9. The average Bonchev–Trinajstić information content (AvgIpc) is 3.16. The van der Waals surface area contributed by atoms with E-state index in [4.69, 9.17) is 9.97 Å². The molecule has 0 amide bonds. The van der Waals surface area contributed by atoms with Crippen LogP contribution in [0.25, 0.3) is 109 Å². The summed E-state index contributed by atoms with van der Waals surface area (Å²) in [6, 6.07) is 55.5. The van der Waals surface area contributed by atoms with Gasteiger partial charge in [0, 0.05) is 22.5 Å². The van der Waals surface area contributed by atoms with Crippen LogP contribution in [-0.2, 0) is 0 Å². The van der Waals surface area contributed by atoms with Gasteiger partial charge in [-0.05, 0) is 94.0 Å². The quantitative estimate of drug-likeness (QED) is 0.183. The van der Waals surface area contributed by atoms with Crippen LogP contribution in [0.1, 0.15) is 0 Å². The minimum Gasteiger partial charge on any atom is -0.254 e. The fraction of sp³-hybridized carbons (Fsp3) is 0. The van der Waals surface area contributed by atoms with Crippen LogP contribution < -0.4 is 0 Å². The van der Waals surface area contributed by atoms with E-state index >= 15 is 0 Å². The first kappa shape index (κ1) is 25.8. The third-order valence-electron chi connectivity index (χ3n) is 10.4. The third-order valence-corrected chi connectivity index (χ3v) is 10.4. The molecule has 0 atom stereocenters. The normalized spacial score (nSPS) is 12.2. The van der Waals surface area contributed by atoms with E-state index in [0.29, 0.717) is 0 Å². The van der Waals surface area contributed by atoms with Crippen molar-refractivity contribution in [2.24, 2.45) is 0 Å². The van der Waals surface area contributed by atoms with Crippen LogP contribution in [0.3, 0.4) is 0 Å². The van der Waals surface area contributed by atoms with Crippen LogP contribution in [0.15, 0.2) is 158 Å². The first-order chi connectivity index (χ1) is 23.8. The van der Waals surface area contributed by atoms with Gasteiger partial charge in [0.25, 0.3) is 0 Å². The summed E-state index contributed by atoms with van der Waals surface area (Å²) >= 11 is 0. The predicted molar refractivity (Wildman–Crippen MR) is 204 cm³/mol. The van der Waals surface area contributed by atoms with Crippen LogP contribution >= 0.6 is 0 Å². The van der Waals surface area contributed by atoms with E-state index in [0.717, 1.165) is 33.1 Å². The molecule has 0 saturated carbocycles. The topological polar surface area (TPSA) is 25.8 Å². The molecule has 11 rings (SSSR count). The number of pyridine rings is 2. The number of rotatable bonds is 2. The molecular formula is C46H26N2. The Morgan fingerprint density at radius 2 is 0.854 bits per heavy atom. The maximum Gasteiger partial charge on any atom is 0.0972 e. The number of hydrogen-bond donors (Lipinski definition) is 0. The van der Waals surface area contributed by atoms with E-state index in [1.54, 1.807) is 0 Å². The molecule has 0 aliphatic carbocycles. The molecule has 0 aliphatic rings. The van der Waals surface area contributed by atoms with E-state index < -0.39 is 0 Å². The van der Waals surface area contributed by atoms with Gasteiger partial charge in [-0.25, -0.2) is 4.98 Å². The van der Waals surface area contributed by atoms with Crippen molar-refractivity contribution in [3.8, 4) is 22.4 Å². The highest BCUT2D eigenvalue weighted by atomic mass is 14.8. The molecule has 11 aromatic rings. The Balaban J connectivity index is 1.16. The lowest BCUT2D eigenvalue weighted by Gasteiger charge is -2.17. The summed E-state index contributed by atoms with van der Waals surface area (Å²) < 4.78 is 0. The van der Waals surface area contributed by atoms with Crippen LogP contribution in [0.2, 0.25) is 0 Å². The number of aromatic nitrogens is 2. The molecule has 0 N–H and O–H groups in total. The van der Waals surface area contributed by atoms with Crippen molar-refractivity contribution >= 4 is 86.4 Å². The molecule has 0 unspecified atom stereocenters. The van der Waals surface area contributed by atoms with Crippen molar-refractivity contribution in [2.75, 3.05) is 0 Å². The van der Waals surface area contributed by atoms with E-state index in [1.165, 1.54) is 75.8 Å². The second-order valence-corrected chi connectivity index (χ2v) is 12.9. The summed E-state index contributed by atoms with van der Waals surface area (Å²) in [6.07, 6.45) is 1.85. The van der Waals surface area contributed by atoms with Crippen molar-refractivity contribution in [3.05, 3.63) is 158 Å². The number of hydrogen-bond acceptors (Lipinski definition) is 2. The Hall–Kier alpha value is -6.38. The molecule has 220 valence electrons. The molecule has 0 radical (unpaired) electrons. The Bertz CT molecular complexity index is 3080. The first-order valence-electron chi connectivity index (χ1n) is 16.5. The van der Waals surface area contributed by atoms with Crippen LogP contribution in [0.4, 0.5) is 0 Å². The fourth-order valence-corrected chi connectivity index (χ4v) is 8.23. The van der Waals surface area contributed by atoms with E-state index in [-0.39, 0.29) is 0 Å². The molecule has 0 fully saturated rings. The molecular weight excluding hydrogens is 581 g/mol. The van der Waals surface area contributed by atoms with E-state index in [9.17, 15) is 0 Å². The minimum atomic E-state index is 0.940. The molecule has 2 heterocycles. The van der Waals surface area contributed by atoms with Gasteiger partial charge in [-0.15, -0.1) is 0 Å². The monoisotopic (exact) mass is 606 g/mol. The zero-order chi connectivity index (χ0) is 31.3. The second kappa shape index (κ2) is 9.57. The van der Waals surface area contributed by atoms with Gasteiger partial charge < -0.3 is 0 Å². The third kappa shape index (κ3) is 3.52. The summed E-state index contributed by atoms with van der Waals surface area (Å²) in [5, 5.41) is 17.6. The van der Waals surface area contributed by atoms with Gasteiger partial charge in [0.2, 0.25) is 0 Å². The van der Waals surface area contributed by atoms with Crippen molar-refractivity contribution < 1.29 is 0 Å². The highest BCUT2D eigenvalue weighted by molar-refractivity contribution is 6.29. The van der Waals surface area contributed by atoms with Gasteiger partial charge in [0.15, 0.2) is 0 Å². The summed E-state index contributed by atoms with van der Waals surface area (Å²) in [4.78, 5) is 9.93. The smallest absolute Gasteiger partial charge is 0.0972 e. The molecule has 0 aliphatic heterocycles. The highest BCUT2D eigenvalue weighted by Gasteiger charge is 2.17. The Morgan fingerprint density at radius 1 is 0.333 bits per heavy atom. The van der Waals surface area contributed by atoms with E-state index in [2.05, 4.69) is 146 Å². The van der Waals surface area contributed by atoms with Crippen LogP contribution in [0.5, 0.6) is 0 Å². The molecule has 0 bridgehead atoms. The van der Waals surface area contributed by atoms with E-state index in [1.807, 2.05) is 12.3 Å². The fourth-order valence-electron chi connectivity index (χ4n) is 8.23. The molecule has 48 heavy (non-hydrogen) atoms. The molecule has 2 heteroatoms. The summed E-state index contributed by atoms with van der Waals surface area (Å²) in [5.74, 6) is 0. The molecule has 9 aromatic carbocycles. The van der Waals surface area contributed by atoms with Crippen molar-refractivity contribution in [1.29, 1.82) is 0 Å². The molecule has 0 spiro atoms. The van der Waals surface area contributed by atoms with Crippen molar-refractivity contribution in [3.63, 3.8) is 0 Å². The summed E-state index contributed by atoms with van der Waals surface area (Å²) in [5.41, 5.74) is 6.47. The Morgan fingerprint density at radius 3 is 1.56 bits per heavy atom. The van der Waals surface area contributed by atoms with Crippen LogP contribution in [0, 0.1) is 0 Å². The van der Waals surface area contributed by atoms with Crippen molar-refractivity contribution in [2.45, 2.75) is 0 Å².